The number of thiophene rings is 1. The van der Waals surface area contributed by atoms with Gasteiger partial charge in [0, 0.05) is 10.9 Å². The van der Waals surface area contributed by atoms with Crippen LogP contribution in [0.25, 0.3) is 10.9 Å². The molecular weight excluding hydrogens is 293 g/mol. The van der Waals surface area contributed by atoms with Gasteiger partial charge in [-0.15, -0.1) is 11.3 Å². The quantitative estimate of drug-likeness (QED) is 0.636. The van der Waals surface area contributed by atoms with E-state index in [1.165, 1.54) is 29.5 Å². The first-order valence-electron chi connectivity index (χ1n) is 6.06. The standard InChI is InChI=1S/C14H10FN3O2S/c15-9-3-4-10-8(6-9)7-11(16-10)13(19)17-18-14(20)12-2-1-5-21-12/h1-7,16H,(H,17,19)(H,18,20). The molecule has 0 aliphatic carbocycles. The van der Waals surface area contributed by atoms with Gasteiger partial charge in [0.1, 0.15) is 11.5 Å². The number of hydrogen-bond acceptors (Lipinski definition) is 3. The summed E-state index contributed by atoms with van der Waals surface area (Å²) in [5, 5.41) is 2.35. The summed E-state index contributed by atoms with van der Waals surface area (Å²) in [6.45, 7) is 0. The van der Waals surface area contributed by atoms with Crippen molar-refractivity contribution in [3.8, 4) is 0 Å². The number of fused-ring (bicyclic) bond motifs is 1. The van der Waals surface area contributed by atoms with Gasteiger partial charge in [0.15, 0.2) is 0 Å². The van der Waals surface area contributed by atoms with Crippen molar-refractivity contribution in [1.82, 2.24) is 15.8 Å². The summed E-state index contributed by atoms with van der Waals surface area (Å²) in [6.07, 6.45) is 0. The summed E-state index contributed by atoms with van der Waals surface area (Å²) in [5.74, 6) is -1.27. The van der Waals surface area contributed by atoms with Gasteiger partial charge >= 0.3 is 0 Å². The zero-order valence-electron chi connectivity index (χ0n) is 10.6. The minimum Gasteiger partial charge on any atom is -0.350 e. The molecule has 0 aliphatic heterocycles. The molecule has 0 unspecified atom stereocenters. The van der Waals surface area contributed by atoms with E-state index in [0.29, 0.717) is 15.8 Å². The Bertz CT molecular complexity index is 811. The van der Waals surface area contributed by atoms with Crippen molar-refractivity contribution in [1.29, 1.82) is 0 Å². The fraction of sp³-hybridized carbons (Fsp3) is 0. The highest BCUT2D eigenvalue weighted by atomic mass is 32.1. The van der Waals surface area contributed by atoms with E-state index in [0.717, 1.165) is 0 Å². The van der Waals surface area contributed by atoms with Crippen molar-refractivity contribution in [2.45, 2.75) is 0 Å². The summed E-state index contributed by atoms with van der Waals surface area (Å²) in [7, 11) is 0. The number of aromatic amines is 1. The van der Waals surface area contributed by atoms with Crippen molar-refractivity contribution >= 4 is 34.1 Å². The van der Waals surface area contributed by atoms with Crippen molar-refractivity contribution in [3.63, 3.8) is 0 Å². The van der Waals surface area contributed by atoms with Crippen LogP contribution in [-0.2, 0) is 0 Å². The molecule has 7 heteroatoms. The highest BCUT2D eigenvalue weighted by Gasteiger charge is 2.12. The lowest BCUT2D eigenvalue weighted by Crippen LogP contribution is -2.41. The molecule has 3 rings (SSSR count). The summed E-state index contributed by atoms with van der Waals surface area (Å²) in [4.78, 5) is 27.0. The Kier molecular flexibility index (Phi) is 3.41. The van der Waals surface area contributed by atoms with E-state index in [9.17, 15) is 14.0 Å². The number of hydrazine groups is 1. The molecule has 2 aromatic heterocycles. The van der Waals surface area contributed by atoms with Gasteiger partial charge in [-0.2, -0.15) is 0 Å². The molecule has 0 fully saturated rings. The van der Waals surface area contributed by atoms with Gasteiger partial charge in [-0.3, -0.25) is 20.4 Å². The van der Waals surface area contributed by atoms with Crippen LogP contribution in [0.2, 0.25) is 0 Å². The fourth-order valence-corrected chi connectivity index (χ4v) is 2.49. The molecule has 2 amide bonds. The zero-order chi connectivity index (χ0) is 14.8. The number of amides is 2. The molecule has 0 bridgehead atoms. The number of carbonyl (C=O) groups is 2. The highest BCUT2D eigenvalue weighted by Crippen LogP contribution is 2.16. The predicted molar refractivity (Wildman–Crippen MR) is 77.5 cm³/mol. The second kappa shape index (κ2) is 5.37. The van der Waals surface area contributed by atoms with Crippen molar-refractivity contribution in [3.05, 3.63) is 58.2 Å². The Morgan fingerprint density at radius 2 is 1.90 bits per heavy atom. The number of H-pyrrole nitrogens is 1. The van der Waals surface area contributed by atoms with E-state index in [1.807, 2.05) is 0 Å². The largest absolute Gasteiger partial charge is 0.350 e. The molecule has 0 saturated heterocycles. The van der Waals surface area contributed by atoms with Crippen LogP contribution >= 0.6 is 11.3 Å². The topological polar surface area (TPSA) is 74.0 Å². The van der Waals surface area contributed by atoms with Crippen molar-refractivity contribution in [2.75, 3.05) is 0 Å². The smallest absolute Gasteiger partial charge is 0.286 e. The number of rotatable bonds is 2. The van der Waals surface area contributed by atoms with Gasteiger partial charge in [-0.1, -0.05) is 6.07 Å². The lowest BCUT2D eigenvalue weighted by Gasteiger charge is -2.04. The normalized spacial score (nSPS) is 10.5. The Morgan fingerprint density at radius 1 is 1.10 bits per heavy atom. The van der Waals surface area contributed by atoms with Gasteiger partial charge in [-0.25, -0.2) is 4.39 Å². The van der Waals surface area contributed by atoms with Crippen LogP contribution in [0.3, 0.4) is 0 Å². The van der Waals surface area contributed by atoms with Gasteiger partial charge in [0.25, 0.3) is 11.8 Å². The highest BCUT2D eigenvalue weighted by molar-refractivity contribution is 7.12. The molecule has 2 heterocycles. The molecule has 106 valence electrons. The lowest BCUT2D eigenvalue weighted by molar-refractivity contribution is 0.0846. The molecule has 0 atom stereocenters. The summed E-state index contributed by atoms with van der Waals surface area (Å²) < 4.78 is 13.1. The minimum atomic E-state index is -0.503. The molecule has 0 spiro atoms. The maximum Gasteiger partial charge on any atom is 0.286 e. The molecule has 1 aromatic carbocycles. The van der Waals surface area contributed by atoms with Crippen molar-refractivity contribution < 1.29 is 14.0 Å². The SMILES string of the molecule is O=C(NNC(=O)c1cccs1)c1cc2cc(F)ccc2[nH]1. The second-order valence-corrected chi connectivity index (χ2v) is 5.25. The minimum absolute atomic E-state index is 0.238. The zero-order valence-corrected chi connectivity index (χ0v) is 11.5. The van der Waals surface area contributed by atoms with Gasteiger partial charge in [0.05, 0.1) is 4.88 Å². The maximum atomic E-state index is 13.1. The number of nitrogens with one attached hydrogen (secondary N) is 3. The monoisotopic (exact) mass is 303 g/mol. The Hall–Kier alpha value is -2.67. The van der Waals surface area contributed by atoms with Crippen LogP contribution in [0.4, 0.5) is 4.39 Å². The van der Waals surface area contributed by atoms with Crippen LogP contribution in [0.15, 0.2) is 41.8 Å². The predicted octanol–water partition coefficient (Wildman–Crippen LogP) is 2.44. The van der Waals surface area contributed by atoms with Crippen LogP contribution in [0.1, 0.15) is 20.2 Å². The molecule has 21 heavy (non-hydrogen) atoms. The molecule has 3 N–H and O–H groups in total. The third-order valence-corrected chi connectivity index (χ3v) is 3.73. The van der Waals surface area contributed by atoms with Gasteiger partial charge in [-0.05, 0) is 35.7 Å². The Balaban J connectivity index is 1.70. The van der Waals surface area contributed by atoms with E-state index in [1.54, 1.807) is 23.6 Å². The number of halogens is 1. The lowest BCUT2D eigenvalue weighted by atomic mass is 10.2. The number of hydrogen-bond donors (Lipinski definition) is 3. The first kappa shape index (κ1) is 13.3. The van der Waals surface area contributed by atoms with E-state index >= 15 is 0 Å². The number of carbonyl (C=O) groups excluding carboxylic acids is 2. The van der Waals surface area contributed by atoms with Crippen LogP contribution in [0, 0.1) is 5.82 Å². The Morgan fingerprint density at radius 3 is 2.67 bits per heavy atom. The van der Waals surface area contributed by atoms with Gasteiger partial charge < -0.3 is 4.98 Å². The maximum absolute atomic E-state index is 13.1. The third-order valence-electron chi connectivity index (χ3n) is 2.86. The molecule has 0 saturated carbocycles. The van der Waals surface area contributed by atoms with E-state index in [2.05, 4.69) is 15.8 Å². The van der Waals surface area contributed by atoms with Crippen LogP contribution in [-0.4, -0.2) is 16.8 Å². The number of benzene rings is 1. The summed E-state index contributed by atoms with van der Waals surface area (Å²) in [6, 6.07) is 9.09. The van der Waals surface area contributed by atoms with Crippen LogP contribution in [0.5, 0.6) is 0 Å². The molecule has 0 radical (unpaired) electrons. The first-order chi connectivity index (χ1) is 10.1. The van der Waals surface area contributed by atoms with Gasteiger partial charge in [0.2, 0.25) is 0 Å². The van der Waals surface area contributed by atoms with E-state index < -0.39 is 5.91 Å². The summed E-state index contributed by atoms with van der Waals surface area (Å²) in [5.41, 5.74) is 5.51. The molecule has 0 aliphatic rings. The fourth-order valence-electron chi connectivity index (χ4n) is 1.88. The molecule has 3 aromatic rings. The summed E-state index contributed by atoms with van der Waals surface area (Å²) >= 11 is 1.27. The van der Waals surface area contributed by atoms with Crippen LogP contribution < -0.4 is 10.9 Å². The average molecular weight is 303 g/mol. The third kappa shape index (κ3) is 2.77. The molecular formula is C14H10FN3O2S. The van der Waals surface area contributed by atoms with E-state index in [4.69, 9.17) is 0 Å². The first-order valence-corrected chi connectivity index (χ1v) is 6.94. The Labute approximate surface area is 122 Å². The average Bonchev–Trinajstić information content (AvgIpc) is 3.12. The second-order valence-electron chi connectivity index (χ2n) is 4.30. The molecule has 5 nitrogen and oxygen atoms in total. The van der Waals surface area contributed by atoms with Crippen molar-refractivity contribution in [2.24, 2.45) is 0 Å². The van der Waals surface area contributed by atoms with E-state index in [-0.39, 0.29) is 17.4 Å². The number of aromatic nitrogens is 1.